The Morgan fingerprint density at radius 2 is 1.92 bits per heavy atom. The van der Waals surface area contributed by atoms with Gasteiger partial charge in [-0.1, -0.05) is 12.1 Å². The first-order valence-electron chi connectivity index (χ1n) is 8.87. The molecule has 0 aliphatic carbocycles. The Kier molecular flexibility index (Phi) is 3.43. The van der Waals surface area contributed by atoms with Gasteiger partial charge in [0.15, 0.2) is 5.65 Å². The average Bonchev–Trinajstić information content (AvgIpc) is 3.27. The van der Waals surface area contributed by atoms with Gasteiger partial charge in [-0.3, -0.25) is 5.10 Å². The fraction of sp³-hybridized carbons (Fsp3) is 0.316. The highest BCUT2D eigenvalue weighted by Crippen LogP contribution is 2.28. The number of imidazole rings is 1. The molecule has 0 amide bonds. The van der Waals surface area contributed by atoms with Crippen molar-refractivity contribution in [3.8, 4) is 11.3 Å². The molecule has 0 spiro atoms. The number of rotatable bonds is 2. The first-order valence-corrected chi connectivity index (χ1v) is 8.87. The molecule has 1 aromatic carbocycles. The van der Waals surface area contributed by atoms with Gasteiger partial charge in [0.05, 0.1) is 35.8 Å². The molecule has 1 aliphatic rings. The Morgan fingerprint density at radius 3 is 2.77 bits per heavy atom. The van der Waals surface area contributed by atoms with Crippen molar-refractivity contribution in [3.05, 3.63) is 42.7 Å². The number of hydrogen-bond acceptors (Lipinski definition) is 5. The third kappa shape index (κ3) is 2.43. The van der Waals surface area contributed by atoms with E-state index in [1.54, 1.807) is 0 Å². The topological polar surface area (TPSA) is 71.3 Å². The van der Waals surface area contributed by atoms with Crippen LogP contribution >= 0.6 is 0 Å². The molecule has 132 valence electrons. The zero-order chi connectivity index (χ0) is 17.7. The van der Waals surface area contributed by atoms with E-state index in [1.165, 1.54) is 0 Å². The van der Waals surface area contributed by atoms with Crippen molar-refractivity contribution in [1.82, 2.24) is 24.8 Å². The Hall–Kier alpha value is -2.93. The second-order valence-corrected chi connectivity index (χ2v) is 6.90. The summed E-state index contributed by atoms with van der Waals surface area (Å²) in [6, 6.07) is 10.2. The lowest BCUT2D eigenvalue weighted by Gasteiger charge is -2.35. The Morgan fingerprint density at radius 1 is 1.08 bits per heavy atom. The summed E-state index contributed by atoms with van der Waals surface area (Å²) in [4.78, 5) is 6.81. The number of nitrogens with zero attached hydrogens (tertiary/aromatic N) is 5. The van der Waals surface area contributed by atoms with E-state index in [0.29, 0.717) is 0 Å². The van der Waals surface area contributed by atoms with Crippen molar-refractivity contribution in [1.29, 1.82) is 0 Å². The summed E-state index contributed by atoms with van der Waals surface area (Å²) in [7, 11) is 0. The van der Waals surface area contributed by atoms with Crippen LogP contribution < -0.4 is 4.90 Å². The van der Waals surface area contributed by atoms with Crippen LogP contribution in [0.2, 0.25) is 0 Å². The molecule has 1 fully saturated rings. The molecule has 4 aromatic rings. The molecule has 2 atom stereocenters. The van der Waals surface area contributed by atoms with Crippen LogP contribution in [-0.4, -0.2) is 50.1 Å². The minimum atomic E-state index is 0.193. The molecule has 5 rings (SSSR count). The minimum absolute atomic E-state index is 0.193. The van der Waals surface area contributed by atoms with Crippen LogP contribution in [0.4, 0.5) is 5.82 Å². The highest BCUT2D eigenvalue weighted by Gasteiger charge is 2.24. The summed E-state index contributed by atoms with van der Waals surface area (Å²) in [5, 5.41) is 13.1. The number of fused-ring (bicyclic) bond motifs is 2. The molecule has 1 aliphatic heterocycles. The molecule has 26 heavy (non-hydrogen) atoms. The normalized spacial score (nSPS) is 20.9. The number of benzene rings is 1. The third-order valence-electron chi connectivity index (χ3n) is 4.85. The standard InChI is InChI=1S/C19H20N6O/c1-12-10-24(11-13(2)26-12)19-7-6-18-20-9-17(25(18)23-19)14-4-3-5-16-15(14)8-21-22-16/h3-9,12-13H,10-11H2,1-2H3,(H,21,22)/t12-,13+. The lowest BCUT2D eigenvalue weighted by Crippen LogP contribution is -2.46. The van der Waals surface area contributed by atoms with Crippen LogP contribution in [0.25, 0.3) is 27.8 Å². The highest BCUT2D eigenvalue weighted by atomic mass is 16.5. The molecular formula is C19H20N6O. The predicted octanol–water partition coefficient (Wildman–Crippen LogP) is 2.89. The average molecular weight is 348 g/mol. The van der Waals surface area contributed by atoms with Crippen molar-refractivity contribution in [3.63, 3.8) is 0 Å². The van der Waals surface area contributed by atoms with Crippen LogP contribution in [0.3, 0.4) is 0 Å². The van der Waals surface area contributed by atoms with E-state index in [-0.39, 0.29) is 12.2 Å². The lowest BCUT2D eigenvalue weighted by molar-refractivity contribution is -0.00551. The zero-order valence-electron chi connectivity index (χ0n) is 14.8. The minimum Gasteiger partial charge on any atom is -0.372 e. The smallest absolute Gasteiger partial charge is 0.154 e. The van der Waals surface area contributed by atoms with Gasteiger partial charge in [-0.25, -0.2) is 9.50 Å². The van der Waals surface area contributed by atoms with Crippen molar-refractivity contribution < 1.29 is 4.74 Å². The Balaban J connectivity index is 1.63. The number of aromatic amines is 1. The summed E-state index contributed by atoms with van der Waals surface area (Å²) < 4.78 is 7.76. The van der Waals surface area contributed by atoms with Gasteiger partial charge in [-0.05, 0) is 32.0 Å². The Labute approximate surface area is 150 Å². The summed E-state index contributed by atoms with van der Waals surface area (Å²) in [6.45, 7) is 5.88. The van der Waals surface area contributed by atoms with Gasteiger partial charge in [0.2, 0.25) is 0 Å². The quantitative estimate of drug-likeness (QED) is 0.603. The Bertz CT molecular complexity index is 1070. The zero-order valence-corrected chi connectivity index (χ0v) is 14.8. The number of hydrogen-bond donors (Lipinski definition) is 1. The molecule has 1 N–H and O–H groups in total. The van der Waals surface area contributed by atoms with E-state index in [2.05, 4.69) is 40.0 Å². The molecule has 7 heteroatoms. The van der Waals surface area contributed by atoms with Gasteiger partial charge >= 0.3 is 0 Å². The fourth-order valence-electron chi connectivity index (χ4n) is 3.77. The first-order chi connectivity index (χ1) is 12.7. The molecule has 3 aromatic heterocycles. The monoisotopic (exact) mass is 348 g/mol. The van der Waals surface area contributed by atoms with Crippen molar-refractivity contribution in [2.45, 2.75) is 26.1 Å². The molecule has 0 radical (unpaired) electrons. The van der Waals surface area contributed by atoms with Crippen LogP contribution in [0.15, 0.2) is 42.7 Å². The molecule has 1 saturated heterocycles. The number of H-pyrrole nitrogens is 1. The first kappa shape index (κ1) is 15.3. The molecule has 0 bridgehead atoms. The molecule has 0 saturated carbocycles. The van der Waals surface area contributed by atoms with Gasteiger partial charge in [0.1, 0.15) is 5.82 Å². The number of aromatic nitrogens is 5. The molecule has 0 unspecified atom stereocenters. The van der Waals surface area contributed by atoms with Gasteiger partial charge in [-0.2, -0.15) is 5.10 Å². The summed E-state index contributed by atoms with van der Waals surface area (Å²) in [5.74, 6) is 0.943. The van der Waals surface area contributed by atoms with E-state index in [9.17, 15) is 0 Å². The van der Waals surface area contributed by atoms with E-state index in [0.717, 1.165) is 46.7 Å². The summed E-state index contributed by atoms with van der Waals surface area (Å²) in [6.07, 6.45) is 4.11. The molecule has 4 heterocycles. The predicted molar refractivity (Wildman–Crippen MR) is 100 cm³/mol. The van der Waals surface area contributed by atoms with Crippen molar-refractivity contribution >= 4 is 22.4 Å². The third-order valence-corrected chi connectivity index (χ3v) is 4.85. The summed E-state index contributed by atoms with van der Waals surface area (Å²) in [5.41, 5.74) is 3.86. The second kappa shape index (κ2) is 5.81. The second-order valence-electron chi connectivity index (χ2n) is 6.90. The van der Waals surface area contributed by atoms with E-state index in [1.807, 2.05) is 41.2 Å². The van der Waals surface area contributed by atoms with Crippen LogP contribution in [0.5, 0.6) is 0 Å². The molecule has 7 nitrogen and oxygen atoms in total. The van der Waals surface area contributed by atoms with E-state index < -0.39 is 0 Å². The lowest BCUT2D eigenvalue weighted by atomic mass is 10.1. The van der Waals surface area contributed by atoms with Gasteiger partial charge in [-0.15, -0.1) is 5.10 Å². The van der Waals surface area contributed by atoms with E-state index >= 15 is 0 Å². The van der Waals surface area contributed by atoms with Gasteiger partial charge in [0, 0.05) is 24.0 Å². The van der Waals surface area contributed by atoms with Gasteiger partial charge < -0.3 is 9.64 Å². The highest BCUT2D eigenvalue weighted by molar-refractivity contribution is 5.93. The number of ether oxygens (including phenoxy) is 1. The fourth-order valence-corrected chi connectivity index (χ4v) is 3.77. The van der Waals surface area contributed by atoms with Crippen molar-refractivity contribution in [2.24, 2.45) is 0 Å². The molecular weight excluding hydrogens is 328 g/mol. The van der Waals surface area contributed by atoms with Crippen LogP contribution in [0, 0.1) is 0 Å². The SMILES string of the molecule is C[C@@H]1CN(c2ccc3ncc(-c4cccc5[nH]ncc45)n3n2)C[C@H](C)O1. The van der Waals surface area contributed by atoms with Crippen LogP contribution in [0.1, 0.15) is 13.8 Å². The van der Waals surface area contributed by atoms with Crippen molar-refractivity contribution in [2.75, 3.05) is 18.0 Å². The maximum atomic E-state index is 5.84. The largest absolute Gasteiger partial charge is 0.372 e. The maximum absolute atomic E-state index is 5.84. The number of morpholine rings is 1. The maximum Gasteiger partial charge on any atom is 0.154 e. The number of anilines is 1. The summed E-state index contributed by atoms with van der Waals surface area (Å²) >= 11 is 0. The van der Waals surface area contributed by atoms with Gasteiger partial charge in [0.25, 0.3) is 0 Å². The number of nitrogens with one attached hydrogen (secondary N) is 1. The van der Waals surface area contributed by atoms with E-state index in [4.69, 9.17) is 9.84 Å². The van der Waals surface area contributed by atoms with Crippen LogP contribution in [-0.2, 0) is 4.74 Å².